The van der Waals surface area contributed by atoms with E-state index in [0.717, 1.165) is 16.9 Å². The van der Waals surface area contributed by atoms with Crippen LogP contribution in [0.3, 0.4) is 0 Å². The van der Waals surface area contributed by atoms with Crippen molar-refractivity contribution in [2.75, 3.05) is 0 Å². The summed E-state index contributed by atoms with van der Waals surface area (Å²) in [5.41, 5.74) is 2.23. The van der Waals surface area contributed by atoms with E-state index < -0.39 is 0 Å². The van der Waals surface area contributed by atoms with Gasteiger partial charge in [-0.3, -0.25) is 0 Å². The van der Waals surface area contributed by atoms with Crippen molar-refractivity contribution in [2.24, 2.45) is 0 Å². The lowest BCUT2D eigenvalue weighted by atomic mass is 9.85. The number of fused-ring (bicyclic) bond motifs is 1. The van der Waals surface area contributed by atoms with Crippen LogP contribution in [0.25, 0.3) is 11.0 Å². The van der Waals surface area contributed by atoms with Crippen LogP contribution in [0.15, 0.2) is 24.3 Å². The first-order chi connectivity index (χ1) is 6.43. The van der Waals surface area contributed by atoms with E-state index >= 15 is 0 Å². The second kappa shape index (κ2) is 2.59. The number of nitrogens with zero attached hydrogens (tertiary/aromatic N) is 1. The number of aromatic nitrogens is 2. The number of H-pyrrole nitrogens is 1. The van der Waals surface area contributed by atoms with Gasteiger partial charge in [-0.2, -0.15) is 0 Å². The van der Waals surface area contributed by atoms with Crippen LogP contribution in [-0.4, -0.2) is 9.97 Å². The zero-order valence-electron chi connectivity index (χ0n) is 7.38. The number of nitrogens with one attached hydrogen (secondary N) is 1. The molecule has 1 saturated carbocycles. The Kier molecular flexibility index (Phi) is 1.42. The SMILES string of the molecule is c1ccc2[nH]c([C]3CCC3)nc2c1. The molecule has 2 nitrogen and oxygen atoms in total. The summed E-state index contributed by atoms with van der Waals surface area (Å²) in [5, 5.41) is 0. The Hall–Kier alpha value is -1.31. The molecule has 0 aliphatic heterocycles. The molecule has 0 spiro atoms. The molecule has 3 rings (SSSR count). The second-order valence-corrected chi connectivity index (χ2v) is 3.56. The fraction of sp³-hybridized carbons (Fsp3) is 0.273. The van der Waals surface area contributed by atoms with Gasteiger partial charge in [0.05, 0.1) is 11.0 Å². The number of rotatable bonds is 1. The molecule has 1 aliphatic carbocycles. The lowest BCUT2D eigenvalue weighted by molar-refractivity contribution is 0.563. The maximum atomic E-state index is 4.54. The smallest absolute Gasteiger partial charge is 0.114 e. The van der Waals surface area contributed by atoms with Crippen LogP contribution >= 0.6 is 0 Å². The first kappa shape index (κ1) is 7.13. The van der Waals surface area contributed by atoms with E-state index in [0.29, 0.717) is 0 Å². The predicted octanol–water partition coefficient (Wildman–Crippen LogP) is 2.67. The van der Waals surface area contributed by atoms with Crippen LogP contribution in [0, 0.1) is 5.92 Å². The average molecular weight is 171 g/mol. The normalized spacial score (nSPS) is 17.5. The molecule has 1 aromatic heterocycles. The van der Waals surface area contributed by atoms with E-state index in [1.54, 1.807) is 0 Å². The molecule has 1 fully saturated rings. The minimum absolute atomic E-state index is 1.08. The summed E-state index contributed by atoms with van der Waals surface area (Å²) < 4.78 is 0. The Labute approximate surface area is 77.0 Å². The van der Waals surface area contributed by atoms with Gasteiger partial charge in [0.1, 0.15) is 5.82 Å². The molecule has 0 atom stereocenters. The number of imidazole rings is 1. The quantitative estimate of drug-likeness (QED) is 0.702. The molecule has 2 heteroatoms. The highest BCUT2D eigenvalue weighted by Gasteiger charge is 2.23. The number of hydrogen-bond donors (Lipinski definition) is 1. The minimum Gasteiger partial charge on any atom is -0.341 e. The highest BCUT2D eigenvalue weighted by molar-refractivity contribution is 5.75. The molecular formula is C11H11N2. The molecule has 1 aliphatic rings. The van der Waals surface area contributed by atoms with Crippen LogP contribution in [-0.2, 0) is 0 Å². The monoisotopic (exact) mass is 171 g/mol. The zero-order valence-corrected chi connectivity index (χ0v) is 7.38. The topological polar surface area (TPSA) is 28.7 Å². The van der Waals surface area contributed by atoms with E-state index in [9.17, 15) is 0 Å². The van der Waals surface area contributed by atoms with Crippen molar-refractivity contribution in [3.8, 4) is 0 Å². The Morgan fingerprint density at radius 3 is 2.69 bits per heavy atom. The standard InChI is InChI=1S/C11H11N2/c1-2-7-10-9(6-1)12-11(13-10)8-4-3-5-8/h1-2,6-7H,3-5H2,(H,12,13). The molecule has 13 heavy (non-hydrogen) atoms. The third kappa shape index (κ3) is 1.05. The summed E-state index contributed by atoms with van der Waals surface area (Å²) in [6, 6.07) is 8.19. The van der Waals surface area contributed by atoms with Crippen molar-refractivity contribution in [1.29, 1.82) is 0 Å². The molecule has 0 bridgehead atoms. The molecular weight excluding hydrogens is 160 g/mol. The van der Waals surface area contributed by atoms with Crippen molar-refractivity contribution in [1.82, 2.24) is 9.97 Å². The number of hydrogen-bond acceptors (Lipinski definition) is 1. The van der Waals surface area contributed by atoms with Crippen LogP contribution in [0.5, 0.6) is 0 Å². The highest BCUT2D eigenvalue weighted by atomic mass is 14.9. The van der Waals surface area contributed by atoms with Gasteiger partial charge in [0.2, 0.25) is 0 Å². The van der Waals surface area contributed by atoms with Crippen molar-refractivity contribution >= 4 is 11.0 Å². The number of aromatic amines is 1. The van der Waals surface area contributed by atoms with Crippen LogP contribution < -0.4 is 0 Å². The van der Waals surface area contributed by atoms with Gasteiger partial charge in [0, 0.05) is 5.92 Å². The molecule has 0 saturated heterocycles. The lowest BCUT2D eigenvalue weighted by Crippen LogP contribution is -2.11. The number of para-hydroxylation sites is 2. The van der Waals surface area contributed by atoms with Gasteiger partial charge in [0.15, 0.2) is 0 Å². The highest BCUT2D eigenvalue weighted by Crippen LogP contribution is 2.34. The fourth-order valence-electron chi connectivity index (χ4n) is 1.71. The molecule has 1 radical (unpaired) electrons. The summed E-state index contributed by atoms with van der Waals surface area (Å²) in [6.45, 7) is 0. The Balaban J connectivity index is 2.10. The minimum atomic E-state index is 1.08. The zero-order chi connectivity index (χ0) is 8.67. The first-order valence-corrected chi connectivity index (χ1v) is 4.73. The van der Waals surface area contributed by atoms with Gasteiger partial charge in [-0.1, -0.05) is 18.6 Å². The predicted molar refractivity (Wildman–Crippen MR) is 52.3 cm³/mol. The Bertz CT molecular complexity index is 393. The summed E-state index contributed by atoms with van der Waals surface area (Å²) in [4.78, 5) is 7.89. The third-order valence-electron chi connectivity index (χ3n) is 2.68. The van der Waals surface area contributed by atoms with E-state index in [4.69, 9.17) is 0 Å². The Morgan fingerprint density at radius 2 is 2.00 bits per heavy atom. The van der Waals surface area contributed by atoms with E-state index in [1.165, 1.54) is 25.2 Å². The van der Waals surface area contributed by atoms with Gasteiger partial charge in [-0.05, 0) is 25.0 Å². The van der Waals surface area contributed by atoms with Gasteiger partial charge < -0.3 is 4.98 Å². The largest absolute Gasteiger partial charge is 0.341 e. The third-order valence-corrected chi connectivity index (χ3v) is 2.68. The molecule has 1 N–H and O–H groups in total. The van der Waals surface area contributed by atoms with Crippen molar-refractivity contribution in [3.63, 3.8) is 0 Å². The van der Waals surface area contributed by atoms with Crippen LogP contribution in [0.4, 0.5) is 0 Å². The second-order valence-electron chi connectivity index (χ2n) is 3.56. The molecule has 2 aromatic rings. The van der Waals surface area contributed by atoms with E-state index in [1.807, 2.05) is 12.1 Å². The van der Waals surface area contributed by atoms with E-state index in [2.05, 4.69) is 22.1 Å². The molecule has 65 valence electrons. The van der Waals surface area contributed by atoms with Crippen molar-refractivity contribution in [3.05, 3.63) is 36.0 Å². The maximum Gasteiger partial charge on any atom is 0.114 e. The Morgan fingerprint density at radius 1 is 1.15 bits per heavy atom. The lowest BCUT2D eigenvalue weighted by Gasteiger charge is -2.21. The van der Waals surface area contributed by atoms with Gasteiger partial charge >= 0.3 is 0 Å². The van der Waals surface area contributed by atoms with Crippen molar-refractivity contribution < 1.29 is 0 Å². The summed E-state index contributed by atoms with van der Waals surface area (Å²) in [7, 11) is 0. The molecule has 1 aromatic carbocycles. The fourth-order valence-corrected chi connectivity index (χ4v) is 1.71. The number of benzene rings is 1. The molecule has 0 unspecified atom stereocenters. The van der Waals surface area contributed by atoms with E-state index in [-0.39, 0.29) is 0 Å². The van der Waals surface area contributed by atoms with Crippen LogP contribution in [0.2, 0.25) is 0 Å². The first-order valence-electron chi connectivity index (χ1n) is 4.73. The molecule has 1 heterocycles. The summed E-state index contributed by atoms with van der Waals surface area (Å²) in [6.07, 6.45) is 3.77. The summed E-state index contributed by atoms with van der Waals surface area (Å²) in [5.74, 6) is 2.59. The van der Waals surface area contributed by atoms with Crippen molar-refractivity contribution in [2.45, 2.75) is 19.3 Å². The maximum absolute atomic E-state index is 4.54. The summed E-state index contributed by atoms with van der Waals surface area (Å²) >= 11 is 0. The van der Waals surface area contributed by atoms with Crippen LogP contribution in [0.1, 0.15) is 25.1 Å². The van der Waals surface area contributed by atoms with Gasteiger partial charge in [-0.15, -0.1) is 0 Å². The van der Waals surface area contributed by atoms with Gasteiger partial charge in [-0.25, -0.2) is 4.98 Å². The average Bonchev–Trinajstić information content (AvgIpc) is 2.43. The molecule has 0 amide bonds. The van der Waals surface area contributed by atoms with Gasteiger partial charge in [0.25, 0.3) is 0 Å².